The molecule has 1 fully saturated rings. The van der Waals surface area contributed by atoms with Crippen LogP contribution in [0.3, 0.4) is 0 Å². The lowest BCUT2D eigenvalue weighted by Crippen LogP contribution is -2.27. The first-order chi connectivity index (χ1) is 33.0. The van der Waals surface area contributed by atoms with Gasteiger partial charge in [0.2, 0.25) is 11.8 Å². The van der Waals surface area contributed by atoms with Crippen molar-refractivity contribution in [1.29, 1.82) is 0 Å². The standard InChI is InChI=1S/C21H25N5O5.C20H23N7O5/c1-22-20(27)19-16-13-18(24-25-19)31-11-9-29-8-10-30-17-12-14(4-5-15(17)23-16)21(28)26-6-2-3-7-26;1-21-20(28)16-13-10-15(24-25-16)32-9-7-30-6-8-31-14-5-4-12(18(29-3)17(14)23-13)19-22-11-27(2)26-19/h4-5,12-13,23H,2-3,6-11H2,1H3,(H,22,27);4-5,10-11,23H,6-9H2,1-3H3,(H,21,28)/i2*1D3. The molecule has 8 rings (SSSR count). The van der Waals surface area contributed by atoms with Gasteiger partial charge >= 0.3 is 0 Å². The van der Waals surface area contributed by atoms with E-state index in [1.54, 1.807) is 53.3 Å². The predicted octanol–water partition coefficient (Wildman–Crippen LogP) is 2.78. The second-order valence-corrected chi connectivity index (χ2v) is 13.6. The molecule has 3 aliphatic heterocycles. The molecule has 22 nitrogen and oxygen atoms in total. The number of fused-ring (bicyclic) bond motifs is 6. The van der Waals surface area contributed by atoms with Gasteiger partial charge in [-0.25, -0.2) is 4.98 Å². The van der Waals surface area contributed by atoms with E-state index in [4.69, 9.17) is 41.4 Å². The summed E-state index contributed by atoms with van der Waals surface area (Å²) >= 11 is 0. The third-order valence-electron chi connectivity index (χ3n) is 9.44. The highest BCUT2D eigenvalue weighted by atomic mass is 16.6. The lowest BCUT2D eigenvalue weighted by atomic mass is 10.1. The minimum atomic E-state index is -2.72. The molecular formula is C41H48N12O10. The number of rotatable bonds is 5. The Morgan fingerprint density at radius 2 is 1.32 bits per heavy atom. The second kappa shape index (κ2) is 21.0. The van der Waals surface area contributed by atoms with E-state index in [9.17, 15) is 14.4 Å². The van der Waals surface area contributed by atoms with E-state index in [-0.39, 0.29) is 80.1 Å². The van der Waals surface area contributed by atoms with Crippen molar-refractivity contribution in [2.45, 2.75) is 12.8 Å². The van der Waals surface area contributed by atoms with Crippen LogP contribution in [0.4, 0.5) is 22.7 Å². The third kappa shape index (κ3) is 10.8. The van der Waals surface area contributed by atoms with Gasteiger partial charge in [0.25, 0.3) is 17.7 Å². The summed E-state index contributed by atoms with van der Waals surface area (Å²) in [6, 6.07) is 11.3. The highest BCUT2D eigenvalue weighted by Gasteiger charge is 2.25. The number of aryl methyl sites for hydroxylation is 1. The van der Waals surface area contributed by atoms with Gasteiger partial charge in [0.05, 0.1) is 56.2 Å². The average molecular weight is 875 g/mol. The summed E-state index contributed by atoms with van der Waals surface area (Å²) in [5, 5.41) is 29.8. The van der Waals surface area contributed by atoms with E-state index in [0.29, 0.717) is 58.8 Å². The summed E-state index contributed by atoms with van der Waals surface area (Å²) in [5.74, 6) is -0.268. The molecule has 0 saturated carbocycles. The van der Waals surface area contributed by atoms with E-state index in [2.05, 4.69) is 41.1 Å². The molecule has 4 bridgehead atoms. The molecule has 0 aliphatic carbocycles. The van der Waals surface area contributed by atoms with Crippen LogP contribution < -0.4 is 45.0 Å². The van der Waals surface area contributed by atoms with Crippen LogP contribution in [0.2, 0.25) is 0 Å². The Bertz CT molecular complexity index is 2630. The van der Waals surface area contributed by atoms with Gasteiger partial charge < -0.3 is 59.3 Å². The number of ether oxygens (including phenoxy) is 7. The summed E-state index contributed by atoms with van der Waals surface area (Å²) in [6.07, 6.45) is 3.51. The summed E-state index contributed by atoms with van der Waals surface area (Å²) in [4.78, 5) is 44.2. The summed E-state index contributed by atoms with van der Waals surface area (Å²) < 4.78 is 85.1. The number of hydrogen-bond acceptors (Lipinski definition) is 18. The molecule has 332 valence electrons. The first kappa shape index (κ1) is 36.3. The molecule has 3 aliphatic rings. The van der Waals surface area contributed by atoms with Gasteiger partial charge in [0.15, 0.2) is 23.0 Å². The molecule has 4 N–H and O–H groups in total. The van der Waals surface area contributed by atoms with Gasteiger partial charge in [-0.05, 0) is 43.2 Å². The Morgan fingerprint density at radius 1 is 0.714 bits per heavy atom. The molecule has 3 aromatic heterocycles. The Hall–Kier alpha value is -7.33. The van der Waals surface area contributed by atoms with Crippen LogP contribution in [-0.4, -0.2) is 145 Å². The molecule has 1 saturated heterocycles. The maximum Gasteiger partial charge on any atom is 0.273 e. The van der Waals surface area contributed by atoms with Gasteiger partial charge in [-0.3, -0.25) is 19.1 Å². The van der Waals surface area contributed by atoms with Crippen molar-refractivity contribution in [3.63, 3.8) is 0 Å². The fourth-order valence-electron chi connectivity index (χ4n) is 6.48. The van der Waals surface area contributed by atoms with E-state index in [0.717, 1.165) is 25.9 Å². The van der Waals surface area contributed by atoms with E-state index in [1.807, 2.05) is 10.6 Å². The summed E-state index contributed by atoms with van der Waals surface area (Å²) in [6.45, 7) is -2.04. The molecule has 5 aromatic rings. The second-order valence-electron chi connectivity index (χ2n) is 13.6. The number of nitrogens with one attached hydrogen (secondary N) is 4. The van der Waals surface area contributed by atoms with Crippen molar-refractivity contribution < 1.29 is 55.8 Å². The van der Waals surface area contributed by atoms with E-state index >= 15 is 0 Å². The number of methoxy groups -OCH3 is 1. The van der Waals surface area contributed by atoms with Gasteiger partial charge in [-0.15, -0.1) is 20.4 Å². The van der Waals surface area contributed by atoms with Crippen LogP contribution >= 0.6 is 0 Å². The predicted molar refractivity (Wildman–Crippen MR) is 226 cm³/mol. The number of carbonyl (C=O) groups excluding carboxylic acids is 3. The topological polar surface area (TPSA) is 249 Å². The van der Waals surface area contributed by atoms with Crippen molar-refractivity contribution in [2.24, 2.45) is 7.05 Å². The highest BCUT2D eigenvalue weighted by molar-refractivity contribution is 6.00. The van der Waals surface area contributed by atoms with Crippen molar-refractivity contribution in [3.05, 3.63) is 65.7 Å². The summed E-state index contributed by atoms with van der Waals surface area (Å²) in [7, 11) is 3.21. The molecular weight excluding hydrogens is 821 g/mol. The molecule has 0 spiro atoms. The van der Waals surface area contributed by atoms with Crippen LogP contribution in [0.15, 0.2) is 48.8 Å². The third-order valence-corrected chi connectivity index (χ3v) is 9.44. The van der Waals surface area contributed by atoms with E-state index < -0.39 is 25.8 Å². The molecule has 0 atom stereocenters. The van der Waals surface area contributed by atoms with Gasteiger partial charge in [0, 0.05) is 60.0 Å². The first-order valence-electron chi connectivity index (χ1n) is 22.7. The monoisotopic (exact) mass is 874 g/mol. The molecule has 22 heteroatoms. The fraction of sp³-hybridized carbons (Fsp3) is 0.390. The van der Waals surface area contributed by atoms with Gasteiger partial charge in [-0.1, -0.05) is 0 Å². The zero-order chi connectivity index (χ0) is 49.1. The highest BCUT2D eigenvalue weighted by Crippen LogP contribution is 2.44. The van der Waals surface area contributed by atoms with Crippen LogP contribution in [0.25, 0.3) is 11.4 Å². The van der Waals surface area contributed by atoms with E-state index in [1.165, 1.54) is 19.2 Å². The lowest BCUT2D eigenvalue weighted by molar-refractivity contribution is 0.0749. The van der Waals surface area contributed by atoms with Gasteiger partial charge in [0.1, 0.15) is 49.9 Å². The van der Waals surface area contributed by atoms with Crippen molar-refractivity contribution in [2.75, 3.05) is 97.6 Å². The molecule has 63 heavy (non-hydrogen) atoms. The molecule has 2 aromatic carbocycles. The zero-order valence-corrected chi connectivity index (χ0v) is 34.3. The normalized spacial score (nSPS) is 16.8. The number of anilines is 4. The molecule has 3 amide bonds. The Kier molecular flexibility index (Phi) is 12.1. The molecule has 6 heterocycles. The number of amides is 3. The average Bonchev–Trinajstić information content (AvgIpc) is 4.00. The fourth-order valence-corrected chi connectivity index (χ4v) is 6.48. The van der Waals surface area contributed by atoms with Crippen LogP contribution in [0.5, 0.6) is 29.0 Å². The smallest absolute Gasteiger partial charge is 0.273 e. The van der Waals surface area contributed by atoms with Crippen molar-refractivity contribution >= 4 is 40.5 Å². The number of likely N-dealkylation sites (tertiary alicyclic amines) is 1. The summed E-state index contributed by atoms with van der Waals surface area (Å²) in [5.41, 5.74) is 1.58. The van der Waals surface area contributed by atoms with Crippen LogP contribution in [-0.2, 0) is 16.5 Å². The van der Waals surface area contributed by atoms with Crippen LogP contribution in [0.1, 0.15) is 52.4 Å². The van der Waals surface area contributed by atoms with Crippen LogP contribution in [0, 0.1) is 0 Å². The van der Waals surface area contributed by atoms with Crippen molar-refractivity contribution in [3.8, 4) is 40.4 Å². The SMILES string of the molecule is [2H]C([2H])([2H])NC(=O)c1nnc2cc1Nc1c(ccc(-c3ncn(C)n3)c1OC)OCCOCCO2.[2H]C([2H])([2H])NC(=O)c1nnc2cc1Nc1ccc(C(=O)N3CCCC3)cc1OCCOCCO2. The first-order valence-corrected chi connectivity index (χ1v) is 19.7. The number of carbonyl (C=O) groups is 3. The maximum atomic E-state index is 12.9. The maximum absolute atomic E-state index is 12.9. The lowest BCUT2D eigenvalue weighted by Gasteiger charge is -2.19. The largest absolute Gasteiger partial charge is 0.494 e. The minimum Gasteiger partial charge on any atom is -0.494 e. The molecule has 0 radical (unpaired) electrons. The number of hydrogen-bond donors (Lipinski definition) is 4. The zero-order valence-electron chi connectivity index (χ0n) is 40.3. The van der Waals surface area contributed by atoms with Gasteiger partial charge in [-0.2, -0.15) is 5.10 Å². The Morgan fingerprint density at radius 3 is 1.90 bits per heavy atom. The Balaban J connectivity index is 0.000000204. The molecule has 0 unspecified atom stereocenters. The number of nitrogens with zero attached hydrogens (tertiary/aromatic N) is 8. The quantitative estimate of drug-likeness (QED) is 0.198. The Labute approximate surface area is 370 Å². The van der Waals surface area contributed by atoms with Crippen molar-refractivity contribution in [1.82, 2.24) is 50.7 Å². The number of aromatic nitrogens is 7. The minimum absolute atomic E-state index is 0.0814. The number of benzene rings is 2.